The molecule has 1 heterocycles. The molecule has 1 aliphatic rings. The van der Waals surface area contributed by atoms with E-state index in [1.807, 2.05) is 24.3 Å². The molecule has 0 bridgehead atoms. The Hall–Kier alpha value is -1.98. The molecule has 0 unspecified atom stereocenters. The molecule has 0 saturated carbocycles. The molecule has 0 spiro atoms. The van der Waals surface area contributed by atoms with Crippen molar-refractivity contribution < 1.29 is 9.00 Å². The number of amides is 1. The molecule has 1 aliphatic heterocycles. The van der Waals surface area contributed by atoms with Crippen LogP contribution in [-0.4, -0.2) is 40.4 Å². The molecule has 5 heteroatoms. The van der Waals surface area contributed by atoms with Crippen LogP contribution in [0, 0.1) is 0 Å². The Labute approximate surface area is 164 Å². The highest BCUT2D eigenvalue weighted by atomic mass is 32.2. The lowest BCUT2D eigenvalue weighted by molar-refractivity contribution is 0.0926. The van der Waals surface area contributed by atoms with Crippen LogP contribution in [0.3, 0.4) is 0 Å². The van der Waals surface area contributed by atoms with Crippen LogP contribution in [0.2, 0.25) is 0 Å². The maximum absolute atomic E-state index is 12.6. The Balaban J connectivity index is 1.59. The van der Waals surface area contributed by atoms with Crippen molar-refractivity contribution in [2.24, 2.45) is 0 Å². The molecule has 2 atom stereocenters. The number of fused-ring (bicyclic) bond motifs is 1. The Kier molecular flexibility index (Phi) is 6.80. The first kappa shape index (κ1) is 19.8. The Bertz CT molecular complexity index is 821. The van der Waals surface area contributed by atoms with E-state index in [1.165, 1.54) is 11.1 Å². The molecule has 27 heavy (non-hydrogen) atoms. The molecule has 4 nitrogen and oxygen atoms in total. The molecule has 144 valence electrons. The third-order valence-corrected chi connectivity index (χ3v) is 5.95. The van der Waals surface area contributed by atoms with Crippen LogP contribution in [0.15, 0.2) is 48.5 Å². The van der Waals surface area contributed by atoms with Gasteiger partial charge in [-0.05, 0) is 41.7 Å². The second kappa shape index (κ2) is 9.29. The summed E-state index contributed by atoms with van der Waals surface area (Å²) in [6.07, 6.45) is 3.74. The molecule has 1 N–H and O–H groups in total. The van der Waals surface area contributed by atoms with E-state index in [2.05, 4.69) is 41.4 Å². The van der Waals surface area contributed by atoms with Crippen LogP contribution in [0.1, 0.15) is 40.4 Å². The van der Waals surface area contributed by atoms with Crippen molar-refractivity contribution in [3.8, 4) is 0 Å². The topological polar surface area (TPSA) is 49.4 Å². The third-order valence-electron chi connectivity index (χ3n) is 5.21. The Morgan fingerprint density at radius 2 is 1.96 bits per heavy atom. The number of nitrogens with one attached hydrogen (secondary N) is 1. The van der Waals surface area contributed by atoms with Crippen molar-refractivity contribution in [3.63, 3.8) is 0 Å². The minimum atomic E-state index is -0.910. The lowest BCUT2D eigenvalue weighted by Crippen LogP contribution is -2.45. The Morgan fingerprint density at radius 1 is 1.19 bits per heavy atom. The zero-order valence-corrected chi connectivity index (χ0v) is 16.9. The van der Waals surface area contributed by atoms with Crippen molar-refractivity contribution in [2.45, 2.75) is 38.1 Å². The van der Waals surface area contributed by atoms with Gasteiger partial charge in [-0.2, -0.15) is 0 Å². The fourth-order valence-corrected chi connectivity index (χ4v) is 4.36. The zero-order valence-electron chi connectivity index (χ0n) is 16.1. The number of carbonyl (C=O) groups is 1. The fraction of sp³-hybridized carbons (Fsp3) is 0.409. The molecule has 0 fully saturated rings. The van der Waals surface area contributed by atoms with Crippen LogP contribution in [0.5, 0.6) is 0 Å². The van der Waals surface area contributed by atoms with E-state index in [0.29, 0.717) is 23.9 Å². The first-order valence-corrected chi connectivity index (χ1v) is 11.3. The molecule has 3 rings (SSSR count). The van der Waals surface area contributed by atoms with E-state index in [0.717, 1.165) is 31.5 Å². The maximum Gasteiger partial charge on any atom is 0.251 e. The highest BCUT2D eigenvalue weighted by Crippen LogP contribution is 2.21. The van der Waals surface area contributed by atoms with Gasteiger partial charge in [-0.15, -0.1) is 0 Å². The van der Waals surface area contributed by atoms with E-state index < -0.39 is 10.8 Å². The predicted molar refractivity (Wildman–Crippen MR) is 111 cm³/mol. The molecule has 0 saturated heterocycles. The van der Waals surface area contributed by atoms with Crippen molar-refractivity contribution >= 4 is 16.7 Å². The SMILES string of the molecule is CC[C@@H](CNC(=O)c1cccc(C[S@@](C)=O)c1)N1CCc2ccccc2C1. The van der Waals surface area contributed by atoms with E-state index >= 15 is 0 Å². The summed E-state index contributed by atoms with van der Waals surface area (Å²) < 4.78 is 11.4. The van der Waals surface area contributed by atoms with Crippen LogP contribution in [0.4, 0.5) is 0 Å². The van der Waals surface area contributed by atoms with Gasteiger partial charge in [-0.25, -0.2) is 0 Å². The van der Waals surface area contributed by atoms with Crippen LogP contribution >= 0.6 is 0 Å². The van der Waals surface area contributed by atoms with Gasteiger partial charge in [0.05, 0.1) is 0 Å². The largest absolute Gasteiger partial charge is 0.350 e. The number of hydrogen-bond acceptors (Lipinski definition) is 3. The maximum atomic E-state index is 12.6. The summed E-state index contributed by atoms with van der Waals surface area (Å²) >= 11 is 0. The van der Waals surface area contributed by atoms with Crippen molar-refractivity contribution in [2.75, 3.05) is 19.3 Å². The number of benzene rings is 2. The average molecular weight is 385 g/mol. The number of carbonyl (C=O) groups excluding carboxylic acids is 1. The van der Waals surface area contributed by atoms with Gasteiger partial charge in [0.15, 0.2) is 0 Å². The molecule has 2 aromatic carbocycles. The first-order valence-electron chi connectivity index (χ1n) is 9.54. The second-order valence-electron chi connectivity index (χ2n) is 7.18. The normalized spacial score (nSPS) is 16.4. The van der Waals surface area contributed by atoms with Gasteiger partial charge in [0, 0.05) is 54.0 Å². The Morgan fingerprint density at radius 3 is 2.70 bits per heavy atom. The van der Waals surface area contributed by atoms with Crippen LogP contribution in [-0.2, 0) is 29.5 Å². The molecular weight excluding hydrogens is 356 g/mol. The molecular formula is C22H28N2O2S. The second-order valence-corrected chi connectivity index (χ2v) is 8.61. The molecule has 2 aromatic rings. The van der Waals surface area contributed by atoms with E-state index in [1.54, 1.807) is 6.26 Å². The monoisotopic (exact) mass is 384 g/mol. The van der Waals surface area contributed by atoms with Gasteiger partial charge in [-0.1, -0.05) is 43.3 Å². The number of rotatable bonds is 7. The number of hydrogen-bond donors (Lipinski definition) is 1. The zero-order chi connectivity index (χ0) is 19.2. The fourth-order valence-electron chi connectivity index (χ4n) is 3.71. The summed E-state index contributed by atoms with van der Waals surface area (Å²) in [5.74, 6) is 0.418. The molecule has 0 aromatic heterocycles. The van der Waals surface area contributed by atoms with Gasteiger partial charge in [0.2, 0.25) is 0 Å². The van der Waals surface area contributed by atoms with Crippen LogP contribution in [0.25, 0.3) is 0 Å². The molecule has 0 aliphatic carbocycles. The summed E-state index contributed by atoms with van der Waals surface area (Å²) in [6.45, 7) is 4.79. The van der Waals surface area contributed by atoms with Gasteiger partial charge in [0.1, 0.15) is 0 Å². The lowest BCUT2D eigenvalue weighted by Gasteiger charge is -2.35. The smallest absolute Gasteiger partial charge is 0.251 e. The highest BCUT2D eigenvalue weighted by molar-refractivity contribution is 7.83. The summed E-state index contributed by atoms with van der Waals surface area (Å²) in [6, 6.07) is 16.4. The highest BCUT2D eigenvalue weighted by Gasteiger charge is 2.22. The summed E-state index contributed by atoms with van der Waals surface area (Å²) in [5, 5.41) is 3.10. The molecule has 1 amide bonds. The van der Waals surface area contributed by atoms with E-state index in [9.17, 15) is 9.00 Å². The summed E-state index contributed by atoms with van der Waals surface area (Å²) in [5.41, 5.74) is 4.41. The standard InChI is InChI=1S/C22H28N2O2S/c1-3-21(24-12-11-18-8-4-5-9-20(18)15-24)14-23-22(25)19-10-6-7-17(13-19)16-27(2)26/h4-10,13,21H,3,11-12,14-16H2,1-2H3,(H,23,25)/t21-,27+/m0/s1. The number of nitrogens with zero attached hydrogens (tertiary/aromatic N) is 1. The van der Waals surface area contributed by atoms with Gasteiger partial charge in [0.25, 0.3) is 5.91 Å². The lowest BCUT2D eigenvalue weighted by atomic mass is 9.98. The summed E-state index contributed by atoms with van der Waals surface area (Å²) in [7, 11) is -0.910. The minimum Gasteiger partial charge on any atom is -0.350 e. The van der Waals surface area contributed by atoms with Gasteiger partial charge in [-0.3, -0.25) is 13.9 Å². The quantitative estimate of drug-likeness (QED) is 0.798. The minimum absolute atomic E-state index is 0.0606. The van der Waals surface area contributed by atoms with Gasteiger partial charge >= 0.3 is 0 Å². The van der Waals surface area contributed by atoms with E-state index in [4.69, 9.17) is 0 Å². The summed E-state index contributed by atoms with van der Waals surface area (Å²) in [4.78, 5) is 15.1. The third kappa shape index (κ3) is 5.27. The average Bonchev–Trinajstić information content (AvgIpc) is 2.68. The predicted octanol–water partition coefficient (Wildman–Crippen LogP) is 3.13. The van der Waals surface area contributed by atoms with Crippen molar-refractivity contribution in [1.82, 2.24) is 10.2 Å². The molecule has 0 radical (unpaired) electrons. The van der Waals surface area contributed by atoms with Crippen molar-refractivity contribution in [1.29, 1.82) is 0 Å². The van der Waals surface area contributed by atoms with Crippen molar-refractivity contribution in [3.05, 3.63) is 70.8 Å². The van der Waals surface area contributed by atoms with E-state index in [-0.39, 0.29) is 5.91 Å². The van der Waals surface area contributed by atoms with Gasteiger partial charge < -0.3 is 5.32 Å². The first-order chi connectivity index (χ1) is 13.1. The van der Waals surface area contributed by atoms with Crippen LogP contribution < -0.4 is 5.32 Å².